The monoisotopic (exact) mass is 273 g/mol. The molecule has 0 unspecified atom stereocenters. The summed E-state index contributed by atoms with van der Waals surface area (Å²) in [5.41, 5.74) is 14.3. The Balaban J connectivity index is 2.04. The molecule has 2 aromatic rings. The van der Waals surface area contributed by atoms with Crippen LogP contribution in [-0.2, 0) is 20.1 Å². The molecule has 0 atom stereocenters. The number of amides is 1. The number of nitrogens with zero attached hydrogens (tertiary/aromatic N) is 3. The van der Waals surface area contributed by atoms with Gasteiger partial charge in [-0.1, -0.05) is 6.07 Å². The maximum absolute atomic E-state index is 11.1. The van der Waals surface area contributed by atoms with Gasteiger partial charge in [0, 0.05) is 43.1 Å². The van der Waals surface area contributed by atoms with Crippen molar-refractivity contribution in [2.45, 2.75) is 13.1 Å². The standard InChI is InChI=1S/C14H19N5O/c1-18(7-10-6-17-19(2)8-10)9-12-4-3-11(14(16)20)5-13(12)15/h3-6,8H,7,9,15H2,1-2H3,(H2,16,20). The molecular weight excluding hydrogens is 254 g/mol. The van der Waals surface area contributed by atoms with Gasteiger partial charge in [0.05, 0.1) is 6.20 Å². The highest BCUT2D eigenvalue weighted by molar-refractivity contribution is 5.93. The highest BCUT2D eigenvalue weighted by atomic mass is 16.1. The van der Waals surface area contributed by atoms with Crippen molar-refractivity contribution in [1.29, 1.82) is 0 Å². The van der Waals surface area contributed by atoms with Crippen LogP contribution in [0.4, 0.5) is 5.69 Å². The van der Waals surface area contributed by atoms with Crippen molar-refractivity contribution in [1.82, 2.24) is 14.7 Å². The summed E-state index contributed by atoms with van der Waals surface area (Å²) >= 11 is 0. The van der Waals surface area contributed by atoms with Gasteiger partial charge in [0.1, 0.15) is 0 Å². The molecule has 6 nitrogen and oxygen atoms in total. The summed E-state index contributed by atoms with van der Waals surface area (Å²) in [5, 5.41) is 4.14. The van der Waals surface area contributed by atoms with E-state index in [1.165, 1.54) is 0 Å². The summed E-state index contributed by atoms with van der Waals surface area (Å²) in [4.78, 5) is 13.2. The molecule has 6 heteroatoms. The summed E-state index contributed by atoms with van der Waals surface area (Å²) in [6.07, 6.45) is 3.83. The number of anilines is 1. The van der Waals surface area contributed by atoms with Gasteiger partial charge in [-0.25, -0.2) is 0 Å². The number of hydrogen-bond donors (Lipinski definition) is 2. The molecular formula is C14H19N5O. The van der Waals surface area contributed by atoms with Gasteiger partial charge >= 0.3 is 0 Å². The van der Waals surface area contributed by atoms with E-state index < -0.39 is 5.91 Å². The first-order chi connectivity index (χ1) is 9.45. The van der Waals surface area contributed by atoms with Gasteiger partial charge < -0.3 is 11.5 Å². The van der Waals surface area contributed by atoms with Crippen LogP contribution < -0.4 is 11.5 Å². The minimum Gasteiger partial charge on any atom is -0.398 e. The predicted octanol–water partition coefficient (Wildman–Crippen LogP) is 0.733. The fraction of sp³-hybridized carbons (Fsp3) is 0.286. The van der Waals surface area contributed by atoms with Crippen LogP contribution in [0.3, 0.4) is 0 Å². The number of primary amides is 1. The van der Waals surface area contributed by atoms with Crippen molar-refractivity contribution in [3.63, 3.8) is 0 Å². The molecule has 4 N–H and O–H groups in total. The Kier molecular flexibility index (Phi) is 4.05. The second-order valence-corrected chi connectivity index (χ2v) is 4.97. The lowest BCUT2D eigenvalue weighted by Gasteiger charge is -2.17. The second-order valence-electron chi connectivity index (χ2n) is 4.97. The smallest absolute Gasteiger partial charge is 0.248 e. The highest BCUT2D eigenvalue weighted by Gasteiger charge is 2.08. The molecule has 0 aliphatic heterocycles. The zero-order valence-corrected chi connectivity index (χ0v) is 11.7. The molecule has 0 saturated carbocycles. The lowest BCUT2D eigenvalue weighted by atomic mass is 10.1. The molecule has 2 rings (SSSR count). The van der Waals surface area contributed by atoms with Crippen LogP contribution in [-0.4, -0.2) is 27.6 Å². The number of benzene rings is 1. The van der Waals surface area contributed by atoms with E-state index in [4.69, 9.17) is 11.5 Å². The van der Waals surface area contributed by atoms with Gasteiger partial charge in [-0.15, -0.1) is 0 Å². The molecule has 1 aromatic heterocycles. The van der Waals surface area contributed by atoms with Crippen molar-refractivity contribution in [3.8, 4) is 0 Å². The number of aromatic nitrogens is 2. The number of carbonyl (C=O) groups excluding carboxylic acids is 1. The van der Waals surface area contributed by atoms with Crippen LogP contribution in [0.15, 0.2) is 30.6 Å². The van der Waals surface area contributed by atoms with E-state index in [1.54, 1.807) is 16.8 Å². The minimum atomic E-state index is -0.466. The van der Waals surface area contributed by atoms with E-state index in [-0.39, 0.29) is 0 Å². The zero-order valence-electron chi connectivity index (χ0n) is 11.7. The van der Waals surface area contributed by atoms with Gasteiger partial charge in [0.15, 0.2) is 0 Å². The number of hydrogen-bond acceptors (Lipinski definition) is 4. The highest BCUT2D eigenvalue weighted by Crippen LogP contribution is 2.16. The summed E-state index contributed by atoms with van der Waals surface area (Å²) < 4.78 is 1.78. The Morgan fingerprint density at radius 2 is 2.15 bits per heavy atom. The van der Waals surface area contributed by atoms with Crippen LogP contribution in [0.2, 0.25) is 0 Å². The first-order valence-electron chi connectivity index (χ1n) is 6.30. The molecule has 0 fully saturated rings. The number of aryl methyl sites for hydroxylation is 1. The van der Waals surface area contributed by atoms with Crippen molar-refractivity contribution in [2.75, 3.05) is 12.8 Å². The van der Waals surface area contributed by atoms with E-state index in [1.807, 2.05) is 32.6 Å². The molecule has 0 bridgehead atoms. The molecule has 1 aromatic carbocycles. The Bertz CT molecular complexity index is 620. The van der Waals surface area contributed by atoms with E-state index in [0.29, 0.717) is 17.8 Å². The quantitative estimate of drug-likeness (QED) is 0.786. The third-order valence-electron chi connectivity index (χ3n) is 3.08. The molecule has 0 saturated heterocycles. The Labute approximate surface area is 118 Å². The normalized spacial score (nSPS) is 10.9. The van der Waals surface area contributed by atoms with E-state index in [0.717, 1.165) is 17.7 Å². The Morgan fingerprint density at radius 3 is 2.70 bits per heavy atom. The van der Waals surface area contributed by atoms with Gasteiger partial charge in [0.25, 0.3) is 0 Å². The Morgan fingerprint density at radius 1 is 1.40 bits per heavy atom. The minimum absolute atomic E-state index is 0.432. The molecule has 0 radical (unpaired) electrons. The van der Waals surface area contributed by atoms with E-state index in [9.17, 15) is 4.79 Å². The number of nitrogens with two attached hydrogens (primary N) is 2. The van der Waals surface area contributed by atoms with Crippen LogP contribution in [0.5, 0.6) is 0 Å². The van der Waals surface area contributed by atoms with Gasteiger partial charge in [-0.3, -0.25) is 14.4 Å². The summed E-state index contributed by atoms with van der Waals surface area (Å²) in [7, 11) is 3.90. The summed E-state index contributed by atoms with van der Waals surface area (Å²) in [6.45, 7) is 1.48. The first-order valence-corrected chi connectivity index (χ1v) is 6.30. The average Bonchev–Trinajstić information content (AvgIpc) is 2.77. The maximum Gasteiger partial charge on any atom is 0.248 e. The Hall–Kier alpha value is -2.34. The van der Waals surface area contributed by atoms with Gasteiger partial charge in [-0.05, 0) is 24.7 Å². The van der Waals surface area contributed by atoms with Crippen molar-refractivity contribution >= 4 is 11.6 Å². The van der Waals surface area contributed by atoms with Crippen molar-refractivity contribution < 1.29 is 4.79 Å². The summed E-state index contributed by atoms with van der Waals surface area (Å²) in [6, 6.07) is 5.16. The predicted molar refractivity (Wildman–Crippen MR) is 77.8 cm³/mol. The third-order valence-corrected chi connectivity index (χ3v) is 3.08. The van der Waals surface area contributed by atoms with E-state index >= 15 is 0 Å². The third kappa shape index (κ3) is 3.36. The van der Waals surface area contributed by atoms with Crippen LogP contribution in [0.25, 0.3) is 0 Å². The molecule has 0 spiro atoms. The maximum atomic E-state index is 11.1. The van der Waals surface area contributed by atoms with E-state index in [2.05, 4.69) is 10.00 Å². The van der Waals surface area contributed by atoms with Gasteiger partial charge in [0.2, 0.25) is 5.91 Å². The lowest BCUT2D eigenvalue weighted by molar-refractivity contribution is 0.100. The topological polar surface area (TPSA) is 90.2 Å². The molecule has 1 amide bonds. The van der Waals surface area contributed by atoms with Crippen LogP contribution >= 0.6 is 0 Å². The fourth-order valence-corrected chi connectivity index (χ4v) is 2.10. The molecule has 106 valence electrons. The molecule has 1 heterocycles. The lowest BCUT2D eigenvalue weighted by Crippen LogP contribution is -2.18. The average molecular weight is 273 g/mol. The largest absolute Gasteiger partial charge is 0.398 e. The first kappa shape index (κ1) is 14.1. The SMILES string of the molecule is CN(Cc1cnn(C)c1)Cc1ccc(C(N)=O)cc1N. The second kappa shape index (κ2) is 5.75. The number of carbonyl (C=O) groups is 1. The number of rotatable bonds is 5. The van der Waals surface area contributed by atoms with Crippen molar-refractivity contribution in [3.05, 3.63) is 47.3 Å². The molecule has 0 aliphatic rings. The van der Waals surface area contributed by atoms with Crippen LogP contribution in [0, 0.1) is 0 Å². The zero-order chi connectivity index (χ0) is 14.7. The van der Waals surface area contributed by atoms with Crippen molar-refractivity contribution in [2.24, 2.45) is 12.8 Å². The number of nitrogen functional groups attached to an aromatic ring is 1. The van der Waals surface area contributed by atoms with Crippen LogP contribution in [0.1, 0.15) is 21.5 Å². The fourth-order valence-electron chi connectivity index (χ4n) is 2.10. The van der Waals surface area contributed by atoms with Gasteiger partial charge in [-0.2, -0.15) is 5.10 Å². The molecule has 0 aliphatic carbocycles. The molecule has 20 heavy (non-hydrogen) atoms. The summed E-state index contributed by atoms with van der Waals surface area (Å²) in [5.74, 6) is -0.466.